The van der Waals surface area contributed by atoms with E-state index in [4.69, 9.17) is 10.00 Å². The third-order valence-electron chi connectivity index (χ3n) is 2.31. The minimum atomic E-state index is 0.653. The Morgan fingerprint density at radius 1 is 1.29 bits per heavy atom. The van der Waals surface area contributed by atoms with Crippen LogP contribution in [0.15, 0.2) is 24.3 Å². The van der Waals surface area contributed by atoms with Gasteiger partial charge in [-0.05, 0) is 42.5 Å². The molecule has 0 saturated heterocycles. The summed E-state index contributed by atoms with van der Waals surface area (Å²) in [4.78, 5) is 0. The number of hydrogen-bond acceptors (Lipinski definition) is 3. The zero-order chi connectivity index (χ0) is 12.3. The Labute approximate surface area is 108 Å². The van der Waals surface area contributed by atoms with Crippen LogP contribution in [0.25, 0.3) is 0 Å². The molecule has 17 heavy (non-hydrogen) atoms. The molecule has 0 heterocycles. The van der Waals surface area contributed by atoms with Gasteiger partial charge < -0.3 is 4.74 Å². The van der Waals surface area contributed by atoms with Crippen molar-refractivity contribution in [2.24, 2.45) is 0 Å². The Morgan fingerprint density at radius 2 is 2.12 bits per heavy atom. The minimum Gasteiger partial charge on any atom is -0.494 e. The molecule has 0 bridgehead atoms. The lowest BCUT2D eigenvalue weighted by atomic mass is 10.2. The Morgan fingerprint density at radius 3 is 2.88 bits per heavy atom. The van der Waals surface area contributed by atoms with E-state index < -0.39 is 0 Å². The van der Waals surface area contributed by atoms with Crippen LogP contribution in [0.1, 0.15) is 31.7 Å². The van der Waals surface area contributed by atoms with Crippen molar-refractivity contribution in [1.29, 1.82) is 5.26 Å². The highest BCUT2D eigenvalue weighted by Crippen LogP contribution is 2.13. The maximum Gasteiger partial charge on any atom is 0.120 e. The Kier molecular flexibility index (Phi) is 7.33. The predicted octanol–water partition coefficient (Wildman–Crippen LogP) is 3.86. The highest BCUT2D eigenvalue weighted by molar-refractivity contribution is 7.99. The van der Waals surface area contributed by atoms with E-state index in [1.54, 1.807) is 12.1 Å². The van der Waals surface area contributed by atoms with E-state index in [1.165, 1.54) is 18.6 Å². The maximum atomic E-state index is 8.75. The van der Waals surface area contributed by atoms with Gasteiger partial charge in [-0.3, -0.25) is 0 Å². The van der Waals surface area contributed by atoms with Crippen LogP contribution in [0.3, 0.4) is 0 Å². The lowest BCUT2D eigenvalue weighted by Crippen LogP contribution is -1.99. The highest BCUT2D eigenvalue weighted by atomic mass is 32.2. The second-order valence-electron chi connectivity index (χ2n) is 3.81. The molecule has 0 aliphatic rings. The molecule has 2 nitrogen and oxygen atoms in total. The molecular formula is C14H19NOS. The summed E-state index contributed by atoms with van der Waals surface area (Å²) in [6, 6.07) is 9.42. The fraction of sp³-hybridized carbons (Fsp3) is 0.500. The van der Waals surface area contributed by atoms with E-state index in [0.29, 0.717) is 5.56 Å². The molecule has 0 aromatic heterocycles. The summed E-state index contributed by atoms with van der Waals surface area (Å²) in [7, 11) is 0. The van der Waals surface area contributed by atoms with Crippen LogP contribution in [0.5, 0.6) is 5.75 Å². The number of nitriles is 1. The molecule has 92 valence electrons. The first-order chi connectivity index (χ1) is 8.36. The van der Waals surface area contributed by atoms with E-state index in [9.17, 15) is 0 Å². The summed E-state index contributed by atoms with van der Waals surface area (Å²) in [6.45, 7) is 2.94. The predicted molar refractivity (Wildman–Crippen MR) is 73.5 cm³/mol. The molecule has 0 unspecified atom stereocenters. The van der Waals surface area contributed by atoms with Crippen LogP contribution in [0.2, 0.25) is 0 Å². The smallest absolute Gasteiger partial charge is 0.120 e. The number of unbranched alkanes of at least 4 members (excludes halogenated alkanes) is 1. The van der Waals surface area contributed by atoms with E-state index in [-0.39, 0.29) is 0 Å². The van der Waals surface area contributed by atoms with Crippen LogP contribution in [-0.4, -0.2) is 18.1 Å². The standard InChI is InChI=1S/C14H19NOS/c1-2-3-9-17-10-5-8-16-14-7-4-6-13(11-14)12-15/h4,6-7,11H,2-3,5,8-10H2,1H3. The van der Waals surface area contributed by atoms with Crippen LogP contribution >= 0.6 is 11.8 Å². The minimum absolute atomic E-state index is 0.653. The number of thioether (sulfide) groups is 1. The van der Waals surface area contributed by atoms with Gasteiger partial charge in [-0.15, -0.1) is 0 Å². The number of hydrogen-bond donors (Lipinski definition) is 0. The molecule has 0 amide bonds. The highest BCUT2D eigenvalue weighted by Gasteiger charge is 1.96. The summed E-state index contributed by atoms with van der Waals surface area (Å²) >= 11 is 1.99. The van der Waals surface area contributed by atoms with Crippen molar-refractivity contribution in [3.63, 3.8) is 0 Å². The van der Waals surface area contributed by atoms with E-state index in [2.05, 4.69) is 13.0 Å². The van der Waals surface area contributed by atoms with Crippen molar-refractivity contribution in [2.75, 3.05) is 18.1 Å². The van der Waals surface area contributed by atoms with Crippen molar-refractivity contribution >= 4 is 11.8 Å². The third-order valence-corrected chi connectivity index (χ3v) is 3.46. The fourth-order valence-corrected chi connectivity index (χ4v) is 2.37. The molecule has 0 fully saturated rings. The lowest BCUT2D eigenvalue weighted by Gasteiger charge is -2.06. The van der Waals surface area contributed by atoms with Crippen LogP contribution in [-0.2, 0) is 0 Å². The second kappa shape index (κ2) is 8.95. The summed E-state index contributed by atoms with van der Waals surface area (Å²) in [6.07, 6.45) is 3.63. The van der Waals surface area contributed by atoms with Crippen LogP contribution < -0.4 is 4.74 Å². The van der Waals surface area contributed by atoms with Crippen molar-refractivity contribution in [1.82, 2.24) is 0 Å². The Balaban J connectivity index is 2.12. The largest absolute Gasteiger partial charge is 0.494 e. The van der Waals surface area contributed by atoms with Crippen LogP contribution in [0, 0.1) is 11.3 Å². The quantitative estimate of drug-likeness (QED) is 0.656. The van der Waals surface area contributed by atoms with Gasteiger partial charge in [0, 0.05) is 0 Å². The number of rotatable bonds is 8. The van der Waals surface area contributed by atoms with Crippen molar-refractivity contribution in [3.05, 3.63) is 29.8 Å². The molecule has 1 aromatic carbocycles. The Bertz CT molecular complexity index is 359. The molecule has 0 spiro atoms. The summed E-state index contributed by atoms with van der Waals surface area (Å²) in [5.74, 6) is 3.20. The number of ether oxygens (including phenoxy) is 1. The molecule has 0 aliphatic carbocycles. The van der Waals surface area contributed by atoms with Gasteiger partial charge in [0.2, 0.25) is 0 Å². The average Bonchev–Trinajstić information content (AvgIpc) is 2.38. The van der Waals surface area contributed by atoms with Crippen molar-refractivity contribution in [2.45, 2.75) is 26.2 Å². The van der Waals surface area contributed by atoms with Crippen molar-refractivity contribution in [3.8, 4) is 11.8 Å². The van der Waals surface area contributed by atoms with Gasteiger partial charge in [0.25, 0.3) is 0 Å². The van der Waals surface area contributed by atoms with Gasteiger partial charge in [-0.2, -0.15) is 17.0 Å². The molecule has 3 heteroatoms. The van der Waals surface area contributed by atoms with E-state index in [1.807, 2.05) is 23.9 Å². The lowest BCUT2D eigenvalue weighted by molar-refractivity contribution is 0.318. The molecule has 0 saturated carbocycles. The molecule has 0 radical (unpaired) electrons. The number of nitrogens with zero attached hydrogens (tertiary/aromatic N) is 1. The normalized spacial score (nSPS) is 9.88. The average molecular weight is 249 g/mol. The molecule has 0 atom stereocenters. The first-order valence-corrected chi connectivity index (χ1v) is 7.23. The maximum absolute atomic E-state index is 8.75. The zero-order valence-corrected chi connectivity index (χ0v) is 11.1. The van der Waals surface area contributed by atoms with Gasteiger partial charge in [-0.25, -0.2) is 0 Å². The SMILES string of the molecule is CCCCSCCCOc1cccc(C#N)c1. The first-order valence-electron chi connectivity index (χ1n) is 6.07. The molecule has 1 aromatic rings. The first kappa shape index (κ1) is 13.9. The summed E-state index contributed by atoms with van der Waals surface area (Å²) in [5, 5.41) is 8.75. The molecule has 0 aliphatic heterocycles. The van der Waals surface area contributed by atoms with E-state index in [0.717, 1.165) is 24.5 Å². The van der Waals surface area contributed by atoms with Crippen molar-refractivity contribution < 1.29 is 4.74 Å². The Hall–Kier alpha value is -1.14. The fourth-order valence-electron chi connectivity index (χ4n) is 1.35. The van der Waals surface area contributed by atoms with Crippen LogP contribution in [0.4, 0.5) is 0 Å². The second-order valence-corrected chi connectivity index (χ2v) is 5.03. The third kappa shape index (κ3) is 6.23. The van der Waals surface area contributed by atoms with Gasteiger partial charge in [0.05, 0.1) is 18.2 Å². The molecular weight excluding hydrogens is 230 g/mol. The molecule has 1 rings (SSSR count). The van der Waals surface area contributed by atoms with Gasteiger partial charge in [0.1, 0.15) is 5.75 Å². The topological polar surface area (TPSA) is 33.0 Å². The summed E-state index contributed by atoms with van der Waals surface area (Å²) in [5.41, 5.74) is 0.653. The summed E-state index contributed by atoms with van der Waals surface area (Å²) < 4.78 is 5.59. The molecule has 0 N–H and O–H groups in total. The van der Waals surface area contributed by atoms with Gasteiger partial charge in [0.15, 0.2) is 0 Å². The zero-order valence-electron chi connectivity index (χ0n) is 10.3. The number of benzene rings is 1. The van der Waals surface area contributed by atoms with Gasteiger partial charge in [-0.1, -0.05) is 19.4 Å². The monoisotopic (exact) mass is 249 g/mol. The van der Waals surface area contributed by atoms with E-state index >= 15 is 0 Å². The van der Waals surface area contributed by atoms with Gasteiger partial charge >= 0.3 is 0 Å².